The third-order valence-corrected chi connectivity index (χ3v) is 4.37. The van der Waals surface area contributed by atoms with Gasteiger partial charge in [0.1, 0.15) is 0 Å². The Morgan fingerprint density at radius 2 is 2.17 bits per heavy atom. The van der Waals surface area contributed by atoms with Gasteiger partial charge in [-0.2, -0.15) is 0 Å². The van der Waals surface area contributed by atoms with Gasteiger partial charge < -0.3 is 11.1 Å². The maximum atomic E-state index is 5.58. The van der Waals surface area contributed by atoms with Crippen molar-refractivity contribution in [2.24, 2.45) is 5.73 Å². The summed E-state index contributed by atoms with van der Waals surface area (Å²) >= 11 is 0. The third-order valence-electron chi connectivity index (χ3n) is 4.37. The summed E-state index contributed by atoms with van der Waals surface area (Å²) in [4.78, 5) is 2.66. The normalized spacial score (nSPS) is 27.6. The fourth-order valence-corrected chi connectivity index (χ4v) is 3.43. The summed E-state index contributed by atoms with van der Waals surface area (Å²) in [5.74, 6) is 0. The van der Waals surface area contributed by atoms with E-state index in [4.69, 9.17) is 5.73 Å². The molecular weight excluding hydrogens is 222 g/mol. The van der Waals surface area contributed by atoms with Gasteiger partial charge in [-0.25, -0.2) is 0 Å². The van der Waals surface area contributed by atoms with E-state index in [1.165, 1.54) is 32.4 Å². The van der Waals surface area contributed by atoms with Crippen molar-refractivity contribution in [2.75, 3.05) is 26.2 Å². The molecule has 1 aromatic rings. The van der Waals surface area contributed by atoms with E-state index in [2.05, 4.69) is 34.5 Å². The number of piperidine rings is 1. The first kappa shape index (κ1) is 12.2. The van der Waals surface area contributed by atoms with Crippen LogP contribution in [0.5, 0.6) is 0 Å². The quantitative estimate of drug-likeness (QED) is 0.843. The summed E-state index contributed by atoms with van der Waals surface area (Å²) in [5, 5.41) is 3.58. The van der Waals surface area contributed by atoms with E-state index in [9.17, 15) is 0 Å². The first-order chi connectivity index (χ1) is 8.88. The highest BCUT2D eigenvalue weighted by Crippen LogP contribution is 2.36. The van der Waals surface area contributed by atoms with Gasteiger partial charge in [0.2, 0.25) is 0 Å². The second-order valence-electron chi connectivity index (χ2n) is 5.46. The molecule has 0 aromatic heterocycles. The highest BCUT2D eigenvalue weighted by Gasteiger charge is 2.32. The van der Waals surface area contributed by atoms with Gasteiger partial charge in [-0.3, -0.25) is 4.90 Å². The van der Waals surface area contributed by atoms with Gasteiger partial charge in [0.15, 0.2) is 0 Å². The molecule has 0 amide bonds. The summed E-state index contributed by atoms with van der Waals surface area (Å²) < 4.78 is 0. The zero-order chi connectivity index (χ0) is 12.4. The lowest BCUT2D eigenvalue weighted by molar-refractivity contribution is 0.116. The number of nitrogens with two attached hydrogens (primary N) is 1. The lowest BCUT2D eigenvalue weighted by Crippen LogP contribution is -2.47. The second kappa shape index (κ2) is 5.39. The molecule has 98 valence electrons. The van der Waals surface area contributed by atoms with Crippen LogP contribution in [-0.4, -0.2) is 37.1 Å². The fraction of sp³-hybridized carbons (Fsp3) is 0.600. The first-order valence-corrected chi connectivity index (χ1v) is 7.14. The molecule has 1 aromatic carbocycles. The minimum absolute atomic E-state index is 0.624. The standard InChI is InChI=1S/C15H23N3/c16-7-8-17-13-6-10-18-9-5-12-3-1-2-4-14(12)15(18)11-13/h1-4,13,15,17H,5-11,16H2/t13-,15+/m0/s1. The van der Waals surface area contributed by atoms with Crippen LogP contribution in [0.1, 0.15) is 30.0 Å². The molecule has 3 N–H and O–H groups in total. The van der Waals surface area contributed by atoms with Gasteiger partial charge >= 0.3 is 0 Å². The number of hydrogen-bond acceptors (Lipinski definition) is 3. The van der Waals surface area contributed by atoms with Crippen LogP contribution >= 0.6 is 0 Å². The van der Waals surface area contributed by atoms with E-state index in [-0.39, 0.29) is 0 Å². The average Bonchev–Trinajstić information content (AvgIpc) is 2.45. The molecule has 3 heteroatoms. The monoisotopic (exact) mass is 245 g/mol. The lowest BCUT2D eigenvalue weighted by atomic mass is 9.85. The Morgan fingerprint density at radius 3 is 3.06 bits per heavy atom. The molecule has 3 rings (SSSR count). The van der Waals surface area contributed by atoms with E-state index in [0.717, 1.165) is 13.1 Å². The Labute approximate surface area is 109 Å². The molecule has 2 heterocycles. The Balaban J connectivity index is 1.75. The molecule has 3 nitrogen and oxygen atoms in total. The van der Waals surface area contributed by atoms with Gasteiger partial charge in [0, 0.05) is 38.3 Å². The van der Waals surface area contributed by atoms with Crippen LogP contribution in [0.2, 0.25) is 0 Å². The summed E-state index contributed by atoms with van der Waals surface area (Å²) in [6, 6.07) is 10.2. The van der Waals surface area contributed by atoms with Crippen LogP contribution in [0, 0.1) is 0 Å². The number of benzene rings is 1. The summed E-state index contributed by atoms with van der Waals surface area (Å²) in [6.45, 7) is 4.13. The maximum Gasteiger partial charge on any atom is 0.0365 e. The lowest BCUT2D eigenvalue weighted by Gasteiger charge is -2.43. The molecule has 0 radical (unpaired) electrons. The van der Waals surface area contributed by atoms with Crippen molar-refractivity contribution in [1.29, 1.82) is 0 Å². The third kappa shape index (κ3) is 2.30. The Morgan fingerprint density at radius 1 is 1.28 bits per heavy atom. The van der Waals surface area contributed by atoms with Crippen molar-refractivity contribution in [3.63, 3.8) is 0 Å². The topological polar surface area (TPSA) is 41.3 Å². The van der Waals surface area contributed by atoms with Gasteiger partial charge in [-0.1, -0.05) is 24.3 Å². The van der Waals surface area contributed by atoms with Crippen molar-refractivity contribution >= 4 is 0 Å². The van der Waals surface area contributed by atoms with Crippen LogP contribution in [0.4, 0.5) is 0 Å². The van der Waals surface area contributed by atoms with Gasteiger partial charge in [-0.15, -0.1) is 0 Å². The predicted molar refractivity (Wildman–Crippen MR) is 74.5 cm³/mol. The molecule has 0 spiro atoms. The van der Waals surface area contributed by atoms with Gasteiger partial charge in [0.25, 0.3) is 0 Å². The average molecular weight is 245 g/mol. The van der Waals surface area contributed by atoms with Crippen molar-refractivity contribution < 1.29 is 0 Å². The van der Waals surface area contributed by atoms with E-state index >= 15 is 0 Å². The van der Waals surface area contributed by atoms with Crippen LogP contribution in [0.15, 0.2) is 24.3 Å². The minimum Gasteiger partial charge on any atom is -0.329 e. The molecule has 1 fully saturated rings. The predicted octanol–water partition coefficient (Wildman–Crippen LogP) is 1.30. The van der Waals surface area contributed by atoms with Crippen molar-refractivity contribution in [3.05, 3.63) is 35.4 Å². The second-order valence-corrected chi connectivity index (χ2v) is 5.46. The van der Waals surface area contributed by atoms with Crippen molar-refractivity contribution in [2.45, 2.75) is 31.3 Å². The van der Waals surface area contributed by atoms with E-state index in [0.29, 0.717) is 12.1 Å². The van der Waals surface area contributed by atoms with Crippen LogP contribution in [0.25, 0.3) is 0 Å². The Hall–Kier alpha value is -0.900. The smallest absolute Gasteiger partial charge is 0.0365 e. The SMILES string of the molecule is NCCN[C@H]1CCN2CCc3ccccc3[C@H]2C1. The summed E-state index contributed by atoms with van der Waals surface area (Å²) in [6.07, 6.45) is 3.71. The molecule has 2 aliphatic rings. The maximum absolute atomic E-state index is 5.58. The number of nitrogens with zero attached hydrogens (tertiary/aromatic N) is 1. The fourth-order valence-electron chi connectivity index (χ4n) is 3.43. The number of rotatable bonds is 3. The zero-order valence-electron chi connectivity index (χ0n) is 10.9. The molecule has 0 bridgehead atoms. The van der Waals surface area contributed by atoms with Crippen LogP contribution < -0.4 is 11.1 Å². The molecule has 0 saturated carbocycles. The molecule has 0 unspecified atom stereocenters. The van der Waals surface area contributed by atoms with Crippen molar-refractivity contribution in [1.82, 2.24) is 10.2 Å². The summed E-state index contributed by atoms with van der Waals surface area (Å²) in [5.41, 5.74) is 8.69. The van der Waals surface area contributed by atoms with E-state index in [1.54, 1.807) is 11.1 Å². The molecule has 2 atom stereocenters. The van der Waals surface area contributed by atoms with Gasteiger partial charge in [-0.05, 0) is 30.4 Å². The minimum atomic E-state index is 0.624. The largest absolute Gasteiger partial charge is 0.329 e. The Kier molecular flexibility index (Phi) is 3.64. The molecule has 2 aliphatic heterocycles. The van der Waals surface area contributed by atoms with Gasteiger partial charge in [0.05, 0.1) is 0 Å². The number of fused-ring (bicyclic) bond motifs is 3. The van der Waals surface area contributed by atoms with E-state index in [1.807, 2.05) is 0 Å². The van der Waals surface area contributed by atoms with Crippen molar-refractivity contribution in [3.8, 4) is 0 Å². The van der Waals surface area contributed by atoms with Crippen LogP contribution in [-0.2, 0) is 6.42 Å². The first-order valence-electron chi connectivity index (χ1n) is 7.14. The number of hydrogen-bond donors (Lipinski definition) is 2. The van der Waals surface area contributed by atoms with Crippen LogP contribution in [0.3, 0.4) is 0 Å². The molecule has 18 heavy (non-hydrogen) atoms. The molecule has 0 aliphatic carbocycles. The highest BCUT2D eigenvalue weighted by atomic mass is 15.2. The molecule has 1 saturated heterocycles. The summed E-state index contributed by atoms with van der Waals surface area (Å²) in [7, 11) is 0. The Bertz CT molecular complexity index is 404. The highest BCUT2D eigenvalue weighted by molar-refractivity contribution is 5.33. The van der Waals surface area contributed by atoms with E-state index < -0.39 is 0 Å². The number of nitrogens with one attached hydrogen (secondary N) is 1. The molecular formula is C15H23N3. The zero-order valence-corrected chi connectivity index (χ0v) is 10.9.